The van der Waals surface area contributed by atoms with Crippen molar-refractivity contribution in [3.05, 3.63) is 32.6 Å². The SMILES string of the molecule is COCCOC(=O)C1=C(C)N=C(C)C(C(=O)OC(C)C)C1c1ccsc1Cl. The number of rotatable bonds is 7. The van der Waals surface area contributed by atoms with Gasteiger partial charge in [-0.1, -0.05) is 11.6 Å². The number of ether oxygens (including phenoxy) is 3. The molecule has 1 aliphatic heterocycles. The van der Waals surface area contributed by atoms with Crippen molar-refractivity contribution in [2.24, 2.45) is 10.9 Å². The lowest BCUT2D eigenvalue weighted by Crippen LogP contribution is -2.37. The summed E-state index contributed by atoms with van der Waals surface area (Å²) in [5.41, 5.74) is 2.11. The van der Waals surface area contributed by atoms with Gasteiger partial charge in [0.05, 0.1) is 22.6 Å². The normalized spacial score (nSPS) is 19.9. The van der Waals surface area contributed by atoms with Gasteiger partial charge in [-0.25, -0.2) is 4.79 Å². The zero-order valence-electron chi connectivity index (χ0n) is 16.1. The molecule has 8 heteroatoms. The van der Waals surface area contributed by atoms with E-state index in [9.17, 15) is 9.59 Å². The summed E-state index contributed by atoms with van der Waals surface area (Å²) in [6.07, 6.45) is -0.284. The first-order chi connectivity index (χ1) is 12.8. The average molecular weight is 414 g/mol. The summed E-state index contributed by atoms with van der Waals surface area (Å²) in [5.74, 6) is -2.32. The number of halogens is 1. The van der Waals surface area contributed by atoms with Crippen LogP contribution in [-0.2, 0) is 23.8 Å². The Hall–Kier alpha value is -1.70. The van der Waals surface area contributed by atoms with E-state index in [1.54, 1.807) is 27.7 Å². The zero-order chi connectivity index (χ0) is 20.1. The van der Waals surface area contributed by atoms with Gasteiger partial charge in [0, 0.05) is 24.4 Å². The van der Waals surface area contributed by atoms with Gasteiger partial charge in [0.25, 0.3) is 0 Å². The largest absolute Gasteiger partial charge is 0.462 e. The van der Waals surface area contributed by atoms with Gasteiger partial charge in [-0.3, -0.25) is 9.79 Å². The van der Waals surface area contributed by atoms with Crippen LogP contribution in [0.2, 0.25) is 4.34 Å². The highest BCUT2D eigenvalue weighted by Crippen LogP contribution is 2.44. The molecule has 0 radical (unpaired) electrons. The summed E-state index contributed by atoms with van der Waals surface area (Å²) < 4.78 is 16.2. The minimum Gasteiger partial charge on any atom is -0.462 e. The van der Waals surface area contributed by atoms with Gasteiger partial charge in [0.15, 0.2) is 0 Å². The number of carbonyl (C=O) groups is 2. The molecule has 0 amide bonds. The Kier molecular flexibility index (Phi) is 7.59. The molecule has 2 rings (SSSR count). The van der Waals surface area contributed by atoms with Crippen LogP contribution in [0.1, 0.15) is 39.2 Å². The molecular formula is C19H24ClNO5S. The van der Waals surface area contributed by atoms with E-state index in [2.05, 4.69) is 4.99 Å². The molecule has 0 saturated heterocycles. The standard InChI is InChI=1S/C19H24ClNO5S/c1-10(2)26-19(23)15-12(4)21-11(3)14(18(22)25-8-7-24-5)16(15)13-6-9-27-17(13)20/h6,9-10,15-16H,7-8H2,1-5H3. The third kappa shape index (κ3) is 4.97. The Morgan fingerprint density at radius 1 is 1.30 bits per heavy atom. The number of carbonyl (C=O) groups excluding carboxylic acids is 2. The van der Waals surface area contributed by atoms with Gasteiger partial charge in [-0.2, -0.15) is 0 Å². The Bertz CT molecular complexity index is 768. The van der Waals surface area contributed by atoms with E-state index in [1.165, 1.54) is 18.4 Å². The third-order valence-corrected chi connectivity index (χ3v) is 5.36. The van der Waals surface area contributed by atoms with Crippen LogP contribution in [0.4, 0.5) is 0 Å². The second kappa shape index (κ2) is 9.48. The molecule has 1 aliphatic rings. The summed E-state index contributed by atoms with van der Waals surface area (Å²) in [4.78, 5) is 30.1. The fourth-order valence-electron chi connectivity index (χ4n) is 3.07. The van der Waals surface area contributed by atoms with Crippen LogP contribution < -0.4 is 0 Å². The first-order valence-corrected chi connectivity index (χ1v) is 9.89. The first-order valence-electron chi connectivity index (χ1n) is 8.63. The zero-order valence-corrected chi connectivity index (χ0v) is 17.6. The van der Waals surface area contributed by atoms with Crippen LogP contribution >= 0.6 is 22.9 Å². The van der Waals surface area contributed by atoms with Crippen LogP contribution in [0.25, 0.3) is 0 Å². The number of thiophene rings is 1. The van der Waals surface area contributed by atoms with Crippen molar-refractivity contribution in [3.8, 4) is 0 Å². The van der Waals surface area contributed by atoms with Crippen molar-refractivity contribution in [2.75, 3.05) is 20.3 Å². The maximum atomic E-state index is 12.8. The molecule has 0 aliphatic carbocycles. The Morgan fingerprint density at radius 3 is 2.56 bits per heavy atom. The molecule has 2 heterocycles. The minimum atomic E-state index is -0.742. The Balaban J connectivity index is 2.50. The van der Waals surface area contributed by atoms with Crippen LogP contribution in [0.15, 0.2) is 27.7 Å². The van der Waals surface area contributed by atoms with Gasteiger partial charge in [-0.05, 0) is 44.7 Å². The maximum absolute atomic E-state index is 12.8. The lowest BCUT2D eigenvalue weighted by molar-refractivity contribution is -0.150. The number of esters is 2. The van der Waals surface area contributed by atoms with E-state index in [-0.39, 0.29) is 19.3 Å². The Labute approximate surface area is 168 Å². The van der Waals surface area contributed by atoms with Crippen molar-refractivity contribution in [2.45, 2.75) is 39.7 Å². The van der Waals surface area contributed by atoms with Crippen LogP contribution in [0, 0.1) is 5.92 Å². The fourth-order valence-corrected chi connectivity index (χ4v) is 4.07. The molecule has 0 N–H and O–H groups in total. The van der Waals surface area contributed by atoms with Crippen molar-refractivity contribution < 1.29 is 23.8 Å². The maximum Gasteiger partial charge on any atom is 0.336 e. The number of methoxy groups -OCH3 is 1. The average Bonchev–Trinajstić information content (AvgIpc) is 2.99. The molecule has 1 aromatic rings. The summed E-state index contributed by atoms with van der Waals surface area (Å²) in [6, 6.07) is 1.82. The lowest BCUT2D eigenvalue weighted by atomic mass is 9.76. The molecule has 0 bridgehead atoms. The molecule has 0 fully saturated rings. The van der Waals surface area contributed by atoms with Crippen molar-refractivity contribution >= 4 is 40.6 Å². The lowest BCUT2D eigenvalue weighted by Gasteiger charge is -2.31. The van der Waals surface area contributed by atoms with E-state index in [0.29, 0.717) is 26.9 Å². The van der Waals surface area contributed by atoms with Gasteiger partial charge >= 0.3 is 11.9 Å². The minimum absolute atomic E-state index is 0.111. The van der Waals surface area contributed by atoms with Crippen molar-refractivity contribution in [3.63, 3.8) is 0 Å². The fraction of sp³-hybridized carbons (Fsp3) is 0.526. The second-order valence-electron chi connectivity index (χ2n) is 6.47. The predicted molar refractivity (Wildman–Crippen MR) is 105 cm³/mol. The van der Waals surface area contributed by atoms with Crippen molar-refractivity contribution in [1.82, 2.24) is 0 Å². The summed E-state index contributed by atoms with van der Waals surface area (Å²) in [7, 11) is 1.53. The summed E-state index contributed by atoms with van der Waals surface area (Å²) >= 11 is 7.72. The second-order valence-corrected chi connectivity index (χ2v) is 7.99. The number of hydrogen-bond acceptors (Lipinski definition) is 7. The summed E-state index contributed by atoms with van der Waals surface area (Å²) in [6.45, 7) is 7.44. The quantitative estimate of drug-likeness (QED) is 0.499. The third-order valence-electron chi connectivity index (χ3n) is 4.16. The van der Waals surface area contributed by atoms with Gasteiger partial charge < -0.3 is 14.2 Å². The molecular weight excluding hydrogens is 390 g/mol. The number of allylic oxidation sites excluding steroid dienone is 1. The van der Waals surface area contributed by atoms with E-state index in [0.717, 1.165) is 0 Å². The molecule has 0 saturated carbocycles. The molecule has 6 nitrogen and oxygen atoms in total. The molecule has 27 heavy (non-hydrogen) atoms. The molecule has 1 aromatic heterocycles. The highest BCUT2D eigenvalue weighted by atomic mass is 35.5. The highest BCUT2D eigenvalue weighted by Gasteiger charge is 2.43. The number of aliphatic imine (C=N–C) groups is 1. The molecule has 0 spiro atoms. The summed E-state index contributed by atoms with van der Waals surface area (Å²) in [5, 5.41) is 1.83. The van der Waals surface area contributed by atoms with Crippen LogP contribution in [0.3, 0.4) is 0 Å². The van der Waals surface area contributed by atoms with Crippen molar-refractivity contribution in [1.29, 1.82) is 0 Å². The molecule has 0 aromatic carbocycles. The first kappa shape index (κ1) is 21.6. The monoisotopic (exact) mass is 413 g/mol. The van der Waals surface area contributed by atoms with Gasteiger partial charge in [0.2, 0.25) is 0 Å². The molecule has 148 valence electrons. The topological polar surface area (TPSA) is 74.2 Å². The van der Waals surface area contributed by atoms with E-state index >= 15 is 0 Å². The number of nitrogens with zero attached hydrogens (tertiary/aromatic N) is 1. The molecule has 2 unspecified atom stereocenters. The van der Waals surface area contributed by atoms with Gasteiger partial charge in [0.1, 0.15) is 12.5 Å². The number of hydrogen-bond donors (Lipinski definition) is 0. The van der Waals surface area contributed by atoms with Crippen LogP contribution in [-0.4, -0.2) is 44.1 Å². The van der Waals surface area contributed by atoms with Crippen LogP contribution in [0.5, 0.6) is 0 Å². The smallest absolute Gasteiger partial charge is 0.336 e. The molecule has 2 atom stereocenters. The Morgan fingerprint density at radius 2 is 2.00 bits per heavy atom. The van der Waals surface area contributed by atoms with Gasteiger partial charge in [-0.15, -0.1) is 11.3 Å². The predicted octanol–water partition coefficient (Wildman–Crippen LogP) is 3.99. The van der Waals surface area contributed by atoms with E-state index in [1.807, 2.05) is 11.4 Å². The van der Waals surface area contributed by atoms with E-state index < -0.39 is 23.8 Å². The highest BCUT2D eigenvalue weighted by molar-refractivity contribution is 7.14. The van der Waals surface area contributed by atoms with E-state index in [4.69, 9.17) is 25.8 Å².